The molecule has 1 heterocycles. The Bertz CT molecular complexity index is 200. The zero-order chi connectivity index (χ0) is 9.30. The molecule has 0 spiro atoms. The first kappa shape index (κ1) is 9.11. The minimum atomic E-state index is -1.49. The molecule has 5 N–H and O–H groups in total. The molecular weight excluding hydrogens is 168 g/mol. The summed E-state index contributed by atoms with van der Waals surface area (Å²) >= 11 is 0. The number of hydrogen-bond acceptors (Lipinski definition) is 6. The van der Waals surface area contributed by atoms with Crippen molar-refractivity contribution in [2.75, 3.05) is 6.61 Å². The van der Waals surface area contributed by atoms with Gasteiger partial charge < -0.3 is 30.3 Å². The van der Waals surface area contributed by atoms with Crippen LogP contribution in [0.1, 0.15) is 0 Å². The summed E-state index contributed by atoms with van der Waals surface area (Å²) in [5.41, 5.74) is 0. The van der Waals surface area contributed by atoms with E-state index >= 15 is 0 Å². The van der Waals surface area contributed by atoms with Crippen molar-refractivity contribution in [2.24, 2.45) is 0 Å². The highest BCUT2D eigenvalue weighted by molar-refractivity contribution is 5.09. The summed E-state index contributed by atoms with van der Waals surface area (Å²) in [7, 11) is 0. The monoisotopic (exact) mass is 178 g/mol. The number of aliphatic hydroxyl groups is 5. The fourth-order valence-corrected chi connectivity index (χ4v) is 0.929. The molecule has 0 radical (unpaired) electrons. The SMILES string of the molecule is OC[C@@H](O)[C@H]1OC(O)=C(O)[C@H]1O. The molecule has 12 heavy (non-hydrogen) atoms. The minimum absolute atomic E-state index is 0.623. The van der Waals surface area contributed by atoms with E-state index in [-0.39, 0.29) is 0 Å². The second kappa shape index (κ2) is 3.18. The van der Waals surface area contributed by atoms with E-state index in [4.69, 9.17) is 25.5 Å². The van der Waals surface area contributed by atoms with E-state index in [2.05, 4.69) is 4.74 Å². The van der Waals surface area contributed by atoms with Crippen LogP contribution >= 0.6 is 0 Å². The van der Waals surface area contributed by atoms with Gasteiger partial charge >= 0.3 is 5.95 Å². The third-order valence-corrected chi connectivity index (χ3v) is 1.62. The van der Waals surface area contributed by atoms with E-state index in [1.807, 2.05) is 0 Å². The lowest BCUT2D eigenvalue weighted by Gasteiger charge is -2.18. The molecule has 70 valence electrons. The Hall–Kier alpha value is -0.980. The minimum Gasteiger partial charge on any atom is -0.504 e. The molecule has 0 unspecified atom stereocenters. The molecule has 3 atom stereocenters. The molecule has 1 rings (SSSR count). The Balaban J connectivity index is 2.66. The van der Waals surface area contributed by atoms with E-state index < -0.39 is 36.6 Å². The van der Waals surface area contributed by atoms with E-state index in [0.29, 0.717) is 0 Å². The molecule has 1 aliphatic heterocycles. The van der Waals surface area contributed by atoms with Crippen molar-refractivity contribution < 1.29 is 30.3 Å². The molecule has 6 heteroatoms. The van der Waals surface area contributed by atoms with Gasteiger partial charge in [0.15, 0.2) is 12.2 Å². The van der Waals surface area contributed by atoms with Gasteiger partial charge in [0.2, 0.25) is 5.76 Å². The summed E-state index contributed by atoms with van der Waals surface area (Å²) in [4.78, 5) is 0. The van der Waals surface area contributed by atoms with Crippen molar-refractivity contribution in [1.82, 2.24) is 0 Å². The lowest BCUT2D eigenvalue weighted by Crippen LogP contribution is -2.38. The highest BCUT2D eigenvalue weighted by atomic mass is 16.6. The number of hydrogen-bond donors (Lipinski definition) is 5. The highest BCUT2D eigenvalue weighted by Crippen LogP contribution is 2.23. The predicted octanol–water partition coefficient (Wildman–Crippen LogP) is -1.62. The molecule has 0 bridgehead atoms. The molecule has 0 amide bonds. The van der Waals surface area contributed by atoms with Crippen LogP contribution < -0.4 is 0 Å². The van der Waals surface area contributed by atoms with Crippen LogP contribution in [0.5, 0.6) is 0 Å². The summed E-state index contributed by atoms with van der Waals surface area (Å²) in [6.07, 6.45) is -4.05. The topological polar surface area (TPSA) is 110 Å². The smallest absolute Gasteiger partial charge is 0.319 e. The molecule has 0 aromatic carbocycles. The molecular formula is C6H10O6. The van der Waals surface area contributed by atoms with Gasteiger partial charge in [-0.05, 0) is 0 Å². The summed E-state index contributed by atoms with van der Waals surface area (Å²) < 4.78 is 4.46. The van der Waals surface area contributed by atoms with E-state index in [1.54, 1.807) is 0 Å². The predicted molar refractivity (Wildman–Crippen MR) is 36.3 cm³/mol. The van der Waals surface area contributed by atoms with Crippen LogP contribution in [-0.2, 0) is 4.74 Å². The highest BCUT2D eigenvalue weighted by Gasteiger charge is 2.40. The number of rotatable bonds is 2. The van der Waals surface area contributed by atoms with Crippen molar-refractivity contribution in [1.29, 1.82) is 0 Å². The number of ether oxygens (including phenoxy) is 1. The molecule has 0 aromatic rings. The van der Waals surface area contributed by atoms with Crippen LogP contribution in [0.2, 0.25) is 0 Å². The van der Waals surface area contributed by atoms with Gasteiger partial charge in [-0.2, -0.15) is 0 Å². The Morgan fingerprint density at radius 3 is 2.33 bits per heavy atom. The van der Waals surface area contributed by atoms with Crippen molar-refractivity contribution in [2.45, 2.75) is 18.3 Å². The van der Waals surface area contributed by atoms with Crippen LogP contribution in [0.3, 0.4) is 0 Å². The van der Waals surface area contributed by atoms with Crippen molar-refractivity contribution >= 4 is 0 Å². The van der Waals surface area contributed by atoms with Crippen molar-refractivity contribution in [3.05, 3.63) is 11.7 Å². The fraction of sp³-hybridized carbons (Fsp3) is 0.667. The van der Waals surface area contributed by atoms with Crippen LogP contribution in [0.15, 0.2) is 11.7 Å². The lowest BCUT2D eigenvalue weighted by molar-refractivity contribution is -0.0798. The lowest BCUT2D eigenvalue weighted by atomic mass is 10.1. The largest absolute Gasteiger partial charge is 0.504 e. The zero-order valence-electron chi connectivity index (χ0n) is 6.08. The molecule has 0 aliphatic carbocycles. The first-order chi connectivity index (χ1) is 5.57. The second-order valence-corrected chi connectivity index (χ2v) is 2.47. The average molecular weight is 178 g/mol. The first-order valence-corrected chi connectivity index (χ1v) is 3.33. The molecule has 0 fully saturated rings. The van der Waals surface area contributed by atoms with Crippen molar-refractivity contribution in [3.8, 4) is 0 Å². The second-order valence-electron chi connectivity index (χ2n) is 2.47. The maximum absolute atomic E-state index is 9.07. The van der Waals surface area contributed by atoms with Crippen molar-refractivity contribution in [3.63, 3.8) is 0 Å². The maximum Gasteiger partial charge on any atom is 0.319 e. The molecule has 0 saturated heterocycles. The maximum atomic E-state index is 9.07. The molecule has 0 saturated carbocycles. The Kier molecular flexibility index (Phi) is 2.41. The van der Waals surface area contributed by atoms with Gasteiger partial charge in [-0.15, -0.1) is 0 Å². The van der Waals surface area contributed by atoms with Crippen LogP contribution in [0.4, 0.5) is 0 Å². The summed E-state index contributed by atoms with van der Waals surface area (Å²) in [5, 5.41) is 44.1. The Morgan fingerprint density at radius 1 is 1.42 bits per heavy atom. The summed E-state index contributed by atoms with van der Waals surface area (Å²) in [6.45, 7) is -0.623. The molecule has 1 aliphatic rings. The van der Waals surface area contributed by atoms with Crippen LogP contribution in [-0.4, -0.2) is 50.5 Å². The third kappa shape index (κ3) is 1.31. The Morgan fingerprint density at radius 2 is 2.00 bits per heavy atom. The average Bonchev–Trinajstić information content (AvgIpc) is 2.32. The zero-order valence-corrected chi connectivity index (χ0v) is 6.08. The summed E-state index contributed by atoms with van der Waals surface area (Å²) in [5.74, 6) is -1.55. The van der Waals surface area contributed by atoms with Gasteiger partial charge in [0.25, 0.3) is 0 Å². The van der Waals surface area contributed by atoms with Gasteiger partial charge in [0.1, 0.15) is 6.10 Å². The quantitative estimate of drug-likeness (QED) is 0.348. The van der Waals surface area contributed by atoms with Gasteiger partial charge in [-0.3, -0.25) is 0 Å². The van der Waals surface area contributed by atoms with Gasteiger partial charge in [0, 0.05) is 0 Å². The normalized spacial score (nSPS) is 31.9. The fourth-order valence-electron chi connectivity index (χ4n) is 0.929. The molecule has 0 aromatic heterocycles. The Labute approximate surface area is 68.0 Å². The standard InChI is InChI=1S/C6H10O6/c7-1-2(8)5-3(9)4(10)6(11)12-5/h2-3,5,7-11H,1H2/t2-,3-,5-/m1/s1. The van der Waals surface area contributed by atoms with Gasteiger partial charge in [-0.1, -0.05) is 0 Å². The van der Waals surface area contributed by atoms with Gasteiger partial charge in [0.05, 0.1) is 6.61 Å². The van der Waals surface area contributed by atoms with E-state index in [1.165, 1.54) is 0 Å². The van der Waals surface area contributed by atoms with E-state index in [9.17, 15) is 0 Å². The van der Waals surface area contributed by atoms with Gasteiger partial charge in [-0.25, -0.2) is 0 Å². The van der Waals surface area contributed by atoms with E-state index in [0.717, 1.165) is 0 Å². The molecule has 6 nitrogen and oxygen atoms in total. The van der Waals surface area contributed by atoms with Crippen LogP contribution in [0, 0.1) is 0 Å². The van der Waals surface area contributed by atoms with Crippen LogP contribution in [0.25, 0.3) is 0 Å². The number of aliphatic hydroxyl groups excluding tert-OH is 5. The first-order valence-electron chi connectivity index (χ1n) is 3.33. The third-order valence-electron chi connectivity index (χ3n) is 1.62. The summed E-state index contributed by atoms with van der Waals surface area (Å²) in [6, 6.07) is 0.